The molecule has 8 nitrogen and oxygen atoms in total. The van der Waals surface area contributed by atoms with Crippen LogP contribution in [0.3, 0.4) is 0 Å². The Labute approximate surface area is 803 Å². The van der Waals surface area contributed by atoms with Crippen LogP contribution >= 0.6 is 0 Å². The predicted molar refractivity (Wildman–Crippen MR) is 581 cm³/mol. The van der Waals surface area contributed by atoms with Gasteiger partial charge in [0.15, 0.2) is 0 Å². The molecule has 0 aliphatic carbocycles. The summed E-state index contributed by atoms with van der Waals surface area (Å²) >= 11 is 0. The molecule has 0 fully saturated rings. The van der Waals surface area contributed by atoms with Gasteiger partial charge in [0.1, 0.15) is 17.5 Å². The summed E-state index contributed by atoms with van der Waals surface area (Å²) in [6.07, 6.45) is 5.67. The van der Waals surface area contributed by atoms with Crippen molar-refractivity contribution in [2.24, 2.45) is 0 Å². The third-order valence-corrected chi connectivity index (χ3v) is 25.7. The van der Waals surface area contributed by atoms with Crippen molar-refractivity contribution < 1.29 is 0 Å². The zero-order valence-corrected chi connectivity index (χ0v) is 82.0. The Morgan fingerprint density at radius 2 is 0.471 bits per heavy atom. The summed E-state index contributed by atoms with van der Waals surface area (Å²) < 4.78 is 9.30. The molecule has 136 heavy (non-hydrogen) atoms. The van der Waals surface area contributed by atoms with Gasteiger partial charge in [0.2, 0.25) is 0 Å². The van der Waals surface area contributed by atoms with E-state index in [1.54, 1.807) is 0 Å². The van der Waals surface area contributed by atoms with E-state index >= 15 is 0 Å². The lowest BCUT2D eigenvalue weighted by molar-refractivity contribution is 0.587. The molecule has 0 N–H and O–H groups in total. The number of hydrogen-bond acceptors (Lipinski definition) is 4. The number of para-hydroxylation sites is 9. The standard InChI is InChI=1S/C33H27N3.C28H25N.C21H20N2.C21H21N.C16H18.C9H13N/c1-33(2,3)22-20-31(35-27-16-8-4-12-23(27)24-13-5-9-17-28(24)35)34-32(21-22)36-29-18-10-6-14-25(29)26-15-7-11-19-30(26)36;1-28(2,3)24-16-8-4-12-20(24)21-13-5-9-17-25(21)29-26-18-10-6-14-22(26)23-15-7-11-19-27(23)29;1-21(2,3)15-12-13-20(22-14-15)23-18-10-6-4-8-16(18)17-9-5-7-11-19(17)23;1-21(2,3)18-14-19(16-10-6-4-7-11-16)22-20(15-18)17-12-8-5-9-13-17;1-16(2,3)15-11-9-14(10-12-15)13-7-5-4-6-8-13;1-9(2,3)8-4-6-10-7-5-8/h4-21H,1-3H3;4-19H,1-3H3;4-14H,1-3H3;4-15H,1-3H3;4-12H,1-3H3;4-7H,1-3H3. The highest BCUT2D eigenvalue weighted by Crippen LogP contribution is 2.43. The number of fused-ring (bicyclic) bond motifs is 12. The van der Waals surface area contributed by atoms with E-state index in [2.05, 4.69) is 536 Å². The molecule has 0 saturated carbocycles. The van der Waals surface area contributed by atoms with Crippen LogP contribution in [0.5, 0.6) is 0 Å². The van der Waals surface area contributed by atoms with Crippen LogP contribution in [0.4, 0.5) is 0 Å². The topological polar surface area (TPSA) is 71.3 Å². The summed E-state index contributed by atoms with van der Waals surface area (Å²) in [5.41, 5.74) is 29.0. The second kappa shape index (κ2) is 38.8. The van der Waals surface area contributed by atoms with Gasteiger partial charge in [-0.1, -0.05) is 434 Å². The molecular formula is C128H124N8. The number of pyridine rings is 4. The van der Waals surface area contributed by atoms with Crippen molar-refractivity contribution in [2.45, 2.75) is 157 Å². The monoisotopic (exact) mass is 1770 g/mol. The summed E-state index contributed by atoms with van der Waals surface area (Å²) in [4.78, 5) is 19.0. The smallest absolute Gasteiger partial charge is 0.140 e. The summed E-state index contributed by atoms with van der Waals surface area (Å²) in [6, 6.07) is 144. The second-order valence-corrected chi connectivity index (χ2v) is 41.6. The zero-order valence-electron chi connectivity index (χ0n) is 82.0. The maximum Gasteiger partial charge on any atom is 0.140 e. The number of rotatable bonds is 8. The largest absolute Gasteiger partial charge is 0.309 e. The van der Waals surface area contributed by atoms with Gasteiger partial charge in [-0.3, -0.25) is 18.7 Å². The number of aromatic nitrogens is 8. The fourth-order valence-electron chi connectivity index (χ4n) is 18.2. The van der Waals surface area contributed by atoms with Gasteiger partial charge in [-0.25, -0.2) is 15.0 Å². The van der Waals surface area contributed by atoms with Gasteiger partial charge < -0.3 is 4.57 Å². The number of nitrogens with zero attached hydrogens (tertiary/aromatic N) is 8. The Balaban J connectivity index is 0.000000117. The SMILES string of the molecule is CC(C)(C)c1cc(-c2ccccc2)nc(-c2ccccc2)c1.CC(C)(C)c1cc(-n2c3ccccc3c3ccccc32)nc(-n2c3ccccc3c3ccccc32)c1.CC(C)(C)c1ccc(-c2ccccc2)cc1.CC(C)(C)c1ccc(-n2c3ccccc3c3ccccc32)nc1.CC(C)(C)c1ccccc1-c1ccccc1-n1c2ccccc2c2ccccc21.CC(C)(C)c1ccncc1. The molecule has 0 bridgehead atoms. The Morgan fingerprint density at radius 3 is 0.809 bits per heavy atom. The highest BCUT2D eigenvalue weighted by atomic mass is 15.1. The van der Waals surface area contributed by atoms with Crippen molar-refractivity contribution in [1.82, 2.24) is 38.2 Å². The molecule has 676 valence electrons. The molecule has 0 radical (unpaired) electrons. The maximum atomic E-state index is 5.36. The van der Waals surface area contributed by atoms with E-state index in [0.29, 0.717) is 0 Å². The molecule has 0 atom stereocenters. The Hall–Kier alpha value is -15.1. The van der Waals surface area contributed by atoms with E-state index < -0.39 is 0 Å². The van der Waals surface area contributed by atoms with E-state index in [1.165, 1.54) is 149 Å². The van der Waals surface area contributed by atoms with Crippen molar-refractivity contribution in [3.05, 3.63) is 458 Å². The van der Waals surface area contributed by atoms with Gasteiger partial charge >= 0.3 is 0 Å². The summed E-state index contributed by atoms with van der Waals surface area (Å²) in [6.45, 7) is 40.3. The molecule has 8 heteroatoms. The first-order valence-electron chi connectivity index (χ1n) is 47.7. The first-order valence-corrected chi connectivity index (χ1v) is 47.7. The third-order valence-electron chi connectivity index (χ3n) is 25.7. The molecule has 0 amide bonds. The first-order chi connectivity index (χ1) is 65.3. The molecule has 0 unspecified atom stereocenters. The van der Waals surface area contributed by atoms with Crippen LogP contribution in [0.25, 0.3) is 155 Å². The average Bonchev–Trinajstić information content (AvgIpc) is 1.57. The van der Waals surface area contributed by atoms with Crippen LogP contribution < -0.4 is 0 Å². The minimum absolute atomic E-state index is 0.0377. The summed E-state index contributed by atoms with van der Waals surface area (Å²) in [5, 5.41) is 10.1. The quantitative estimate of drug-likeness (QED) is 0.152. The third kappa shape index (κ3) is 20.1. The molecule has 0 saturated heterocycles. The maximum absolute atomic E-state index is 5.36. The van der Waals surface area contributed by atoms with Gasteiger partial charge in [-0.05, 0) is 180 Å². The lowest BCUT2D eigenvalue weighted by Crippen LogP contribution is -2.14. The lowest BCUT2D eigenvalue weighted by Gasteiger charge is -2.24. The highest BCUT2D eigenvalue weighted by molar-refractivity contribution is 6.12. The summed E-state index contributed by atoms with van der Waals surface area (Å²) in [5.74, 6) is 2.85. The van der Waals surface area contributed by atoms with E-state index in [0.717, 1.165) is 40.0 Å². The van der Waals surface area contributed by atoms with Gasteiger partial charge in [-0.2, -0.15) is 0 Å². The van der Waals surface area contributed by atoms with Gasteiger partial charge in [-0.15, -0.1) is 0 Å². The Morgan fingerprint density at radius 1 is 0.191 bits per heavy atom. The van der Waals surface area contributed by atoms with E-state index in [1.807, 2.05) is 36.8 Å². The molecule has 8 aromatic heterocycles. The highest BCUT2D eigenvalue weighted by Gasteiger charge is 2.27. The van der Waals surface area contributed by atoms with Crippen LogP contribution in [-0.2, 0) is 32.5 Å². The van der Waals surface area contributed by atoms with Crippen LogP contribution in [0, 0.1) is 0 Å². The average molecular weight is 1770 g/mol. The van der Waals surface area contributed by atoms with Gasteiger partial charge in [0.05, 0.1) is 61.2 Å². The Bertz CT molecular complexity index is 7500. The van der Waals surface area contributed by atoms with Gasteiger partial charge in [0, 0.05) is 78.4 Å². The number of hydrogen-bond donors (Lipinski definition) is 0. The number of benzene rings is 14. The molecule has 22 aromatic rings. The van der Waals surface area contributed by atoms with Crippen LogP contribution in [0.2, 0.25) is 0 Å². The minimum Gasteiger partial charge on any atom is -0.309 e. The molecule has 8 heterocycles. The van der Waals surface area contributed by atoms with E-state index in [-0.39, 0.29) is 32.5 Å². The Kier molecular flexibility index (Phi) is 26.5. The minimum atomic E-state index is -0.0377. The zero-order chi connectivity index (χ0) is 95.3. The van der Waals surface area contributed by atoms with Crippen molar-refractivity contribution in [2.75, 3.05) is 0 Å². The lowest BCUT2D eigenvalue weighted by atomic mass is 9.81. The molecule has 22 rings (SSSR count). The fourth-order valence-corrected chi connectivity index (χ4v) is 18.2. The molecule has 0 aliphatic rings. The molecular weight excluding hydrogens is 1650 g/mol. The second-order valence-electron chi connectivity index (χ2n) is 41.6. The molecule has 0 aliphatic heterocycles. The van der Waals surface area contributed by atoms with Crippen LogP contribution in [-0.4, -0.2) is 38.2 Å². The van der Waals surface area contributed by atoms with E-state index in [9.17, 15) is 0 Å². The van der Waals surface area contributed by atoms with Crippen LogP contribution in [0.15, 0.2) is 425 Å². The normalized spacial score (nSPS) is 11.9. The van der Waals surface area contributed by atoms with Gasteiger partial charge in [0.25, 0.3) is 0 Å². The first kappa shape index (κ1) is 92.7. The fraction of sp³-hybridized carbons (Fsp3) is 0.188. The van der Waals surface area contributed by atoms with E-state index in [4.69, 9.17) is 15.0 Å². The summed E-state index contributed by atoms with van der Waals surface area (Å²) in [7, 11) is 0. The van der Waals surface area contributed by atoms with Crippen LogP contribution in [0.1, 0.15) is 158 Å². The van der Waals surface area contributed by atoms with Crippen molar-refractivity contribution in [3.63, 3.8) is 0 Å². The molecule has 14 aromatic carbocycles. The van der Waals surface area contributed by atoms with Crippen molar-refractivity contribution >= 4 is 87.2 Å². The van der Waals surface area contributed by atoms with Crippen molar-refractivity contribution in [3.8, 4) is 67.9 Å². The predicted octanol–water partition coefficient (Wildman–Crippen LogP) is 34.5. The molecule has 0 spiro atoms. The van der Waals surface area contributed by atoms with Crippen molar-refractivity contribution in [1.29, 1.82) is 0 Å².